The van der Waals surface area contributed by atoms with E-state index in [1.54, 1.807) is 10.8 Å². The van der Waals surface area contributed by atoms with Gasteiger partial charge >= 0.3 is 0 Å². The molecule has 0 saturated heterocycles. The first-order chi connectivity index (χ1) is 10.9. The number of benzene rings is 1. The van der Waals surface area contributed by atoms with Gasteiger partial charge in [-0.3, -0.25) is 4.79 Å². The second-order valence-electron chi connectivity index (χ2n) is 5.57. The molecule has 0 spiro atoms. The Kier molecular flexibility index (Phi) is 5.85. The fourth-order valence-electron chi connectivity index (χ4n) is 2.12. The summed E-state index contributed by atoms with van der Waals surface area (Å²) in [5.41, 5.74) is 2.57. The molecule has 0 atom stereocenters. The van der Waals surface area contributed by atoms with Crippen molar-refractivity contribution in [1.29, 1.82) is 0 Å². The molecule has 1 N–H and O–H groups in total. The van der Waals surface area contributed by atoms with E-state index in [0.717, 1.165) is 16.8 Å². The van der Waals surface area contributed by atoms with Gasteiger partial charge in [-0.1, -0.05) is 35.3 Å². The Bertz CT molecular complexity index is 718. The number of hydrogen-bond donors (Lipinski definition) is 1. The molecule has 0 saturated carbocycles. The number of carbonyl (C=O) groups excluding carboxylic acids is 1. The number of rotatable bonds is 5. The lowest BCUT2D eigenvalue weighted by Gasteiger charge is -2.04. The van der Waals surface area contributed by atoms with Crippen LogP contribution in [0.5, 0.6) is 0 Å². The molecule has 4 nitrogen and oxygen atoms in total. The Labute approximate surface area is 146 Å². The van der Waals surface area contributed by atoms with E-state index in [2.05, 4.69) is 10.4 Å². The van der Waals surface area contributed by atoms with Gasteiger partial charge in [0, 0.05) is 22.7 Å². The zero-order chi connectivity index (χ0) is 17.0. The first-order valence-electron chi connectivity index (χ1n) is 7.32. The molecule has 0 fully saturated rings. The third-order valence-electron chi connectivity index (χ3n) is 3.19. The molecule has 2 aromatic rings. The van der Waals surface area contributed by atoms with Crippen molar-refractivity contribution in [3.8, 4) is 0 Å². The Morgan fingerprint density at radius 1 is 1.30 bits per heavy atom. The number of aromatic nitrogens is 2. The quantitative estimate of drug-likeness (QED) is 0.824. The van der Waals surface area contributed by atoms with Crippen molar-refractivity contribution >= 4 is 35.2 Å². The molecule has 1 amide bonds. The van der Waals surface area contributed by atoms with Crippen LogP contribution >= 0.6 is 23.2 Å². The number of carbonyl (C=O) groups is 1. The van der Waals surface area contributed by atoms with E-state index < -0.39 is 0 Å². The molecule has 0 aliphatic carbocycles. The minimum Gasteiger partial charge on any atom is -0.350 e. The summed E-state index contributed by atoms with van der Waals surface area (Å²) < 4.78 is 1.71. The summed E-state index contributed by atoms with van der Waals surface area (Å²) in [5, 5.41) is 8.43. The van der Waals surface area contributed by atoms with Gasteiger partial charge < -0.3 is 5.32 Å². The third-order valence-corrected chi connectivity index (χ3v) is 3.84. The molecule has 1 aromatic carbocycles. The van der Waals surface area contributed by atoms with Gasteiger partial charge in [0.15, 0.2) is 0 Å². The summed E-state index contributed by atoms with van der Waals surface area (Å²) in [6.45, 7) is 6.23. The first kappa shape index (κ1) is 17.6. The monoisotopic (exact) mass is 351 g/mol. The number of halogens is 2. The molecule has 0 bridgehead atoms. The maximum atomic E-state index is 11.7. The zero-order valence-electron chi connectivity index (χ0n) is 13.3. The molecule has 23 heavy (non-hydrogen) atoms. The lowest BCUT2D eigenvalue weighted by Crippen LogP contribution is -2.28. The number of aryl methyl sites for hydroxylation is 1. The van der Waals surface area contributed by atoms with E-state index in [-0.39, 0.29) is 11.9 Å². The summed E-state index contributed by atoms with van der Waals surface area (Å²) in [6.07, 6.45) is 3.17. The van der Waals surface area contributed by atoms with Gasteiger partial charge in [0.2, 0.25) is 5.91 Å². The minimum atomic E-state index is -0.152. The van der Waals surface area contributed by atoms with Gasteiger partial charge in [-0.2, -0.15) is 5.10 Å². The van der Waals surface area contributed by atoms with Crippen molar-refractivity contribution in [1.82, 2.24) is 15.1 Å². The Morgan fingerprint density at radius 3 is 2.57 bits per heavy atom. The predicted octanol–water partition coefficient (Wildman–Crippen LogP) is 4.08. The SMILES string of the molecule is Cc1nn(Cc2ccc(Cl)cc2)c(Cl)c1/C=C/C(=O)NC(C)C. The van der Waals surface area contributed by atoms with Crippen molar-refractivity contribution in [2.45, 2.75) is 33.4 Å². The highest BCUT2D eigenvalue weighted by molar-refractivity contribution is 6.31. The second-order valence-corrected chi connectivity index (χ2v) is 6.37. The van der Waals surface area contributed by atoms with Crippen molar-refractivity contribution in [2.24, 2.45) is 0 Å². The molecule has 2 rings (SSSR count). The molecular formula is C17H19Cl2N3O. The van der Waals surface area contributed by atoms with Crippen LogP contribution in [0.2, 0.25) is 10.2 Å². The number of nitrogens with zero attached hydrogens (tertiary/aromatic N) is 2. The van der Waals surface area contributed by atoms with Gasteiger partial charge in [0.1, 0.15) is 5.15 Å². The Hall–Kier alpha value is -1.78. The molecule has 0 aliphatic heterocycles. The van der Waals surface area contributed by atoms with Crippen LogP contribution in [-0.2, 0) is 11.3 Å². The lowest BCUT2D eigenvalue weighted by molar-refractivity contribution is -0.116. The highest BCUT2D eigenvalue weighted by Gasteiger charge is 2.12. The standard InChI is InChI=1S/C17H19Cl2N3O/c1-11(2)20-16(23)9-8-15-12(3)21-22(17(15)19)10-13-4-6-14(18)7-5-13/h4-9,11H,10H2,1-3H3,(H,20,23)/b9-8+. The van der Waals surface area contributed by atoms with Crippen LogP contribution in [0.4, 0.5) is 0 Å². The fraction of sp³-hybridized carbons (Fsp3) is 0.294. The van der Waals surface area contributed by atoms with Crippen LogP contribution in [0, 0.1) is 6.92 Å². The van der Waals surface area contributed by atoms with Gasteiger partial charge in [0.25, 0.3) is 0 Å². The topological polar surface area (TPSA) is 46.9 Å². The Morgan fingerprint density at radius 2 is 1.96 bits per heavy atom. The first-order valence-corrected chi connectivity index (χ1v) is 8.08. The minimum absolute atomic E-state index is 0.0938. The van der Waals surface area contributed by atoms with E-state index in [0.29, 0.717) is 16.7 Å². The van der Waals surface area contributed by atoms with E-state index in [1.807, 2.05) is 45.0 Å². The summed E-state index contributed by atoms with van der Waals surface area (Å²) >= 11 is 12.3. The predicted molar refractivity (Wildman–Crippen MR) is 94.8 cm³/mol. The van der Waals surface area contributed by atoms with Crippen LogP contribution < -0.4 is 5.32 Å². The van der Waals surface area contributed by atoms with E-state index >= 15 is 0 Å². The largest absolute Gasteiger partial charge is 0.350 e. The summed E-state index contributed by atoms with van der Waals surface area (Å²) in [5.74, 6) is -0.152. The van der Waals surface area contributed by atoms with Crippen LogP contribution in [-0.4, -0.2) is 21.7 Å². The van der Waals surface area contributed by atoms with Gasteiger partial charge in [-0.15, -0.1) is 0 Å². The van der Waals surface area contributed by atoms with Crippen LogP contribution in [0.1, 0.15) is 30.7 Å². The van der Waals surface area contributed by atoms with Crippen LogP contribution in [0.3, 0.4) is 0 Å². The van der Waals surface area contributed by atoms with Crippen molar-refractivity contribution in [3.63, 3.8) is 0 Å². The van der Waals surface area contributed by atoms with Crippen LogP contribution in [0.25, 0.3) is 6.08 Å². The third kappa shape index (κ3) is 4.85. The van der Waals surface area contributed by atoms with Gasteiger partial charge in [-0.05, 0) is 44.5 Å². The second kappa shape index (κ2) is 7.66. The Balaban J connectivity index is 2.17. The zero-order valence-corrected chi connectivity index (χ0v) is 14.8. The highest BCUT2D eigenvalue weighted by Crippen LogP contribution is 2.22. The average Bonchev–Trinajstić information content (AvgIpc) is 2.73. The molecular weight excluding hydrogens is 333 g/mol. The highest BCUT2D eigenvalue weighted by atomic mass is 35.5. The number of amides is 1. The summed E-state index contributed by atoms with van der Waals surface area (Å²) in [4.78, 5) is 11.7. The molecule has 1 heterocycles. The number of nitrogens with one attached hydrogen (secondary N) is 1. The number of hydrogen-bond acceptors (Lipinski definition) is 2. The maximum absolute atomic E-state index is 11.7. The molecule has 0 unspecified atom stereocenters. The van der Waals surface area contributed by atoms with E-state index in [4.69, 9.17) is 23.2 Å². The maximum Gasteiger partial charge on any atom is 0.244 e. The smallest absolute Gasteiger partial charge is 0.244 e. The molecule has 0 radical (unpaired) electrons. The normalized spacial score (nSPS) is 11.4. The molecule has 0 aliphatic rings. The molecule has 1 aromatic heterocycles. The van der Waals surface area contributed by atoms with Crippen molar-refractivity contribution in [3.05, 3.63) is 57.3 Å². The van der Waals surface area contributed by atoms with Gasteiger partial charge in [0.05, 0.1) is 12.2 Å². The summed E-state index contributed by atoms with van der Waals surface area (Å²) in [6, 6.07) is 7.62. The van der Waals surface area contributed by atoms with Gasteiger partial charge in [-0.25, -0.2) is 4.68 Å². The summed E-state index contributed by atoms with van der Waals surface area (Å²) in [7, 11) is 0. The van der Waals surface area contributed by atoms with Crippen LogP contribution in [0.15, 0.2) is 30.3 Å². The lowest BCUT2D eigenvalue weighted by atomic mass is 10.2. The molecule has 6 heteroatoms. The van der Waals surface area contributed by atoms with Crippen molar-refractivity contribution in [2.75, 3.05) is 0 Å². The fourth-order valence-corrected chi connectivity index (χ4v) is 2.54. The van der Waals surface area contributed by atoms with E-state index in [1.165, 1.54) is 6.08 Å². The average molecular weight is 352 g/mol. The van der Waals surface area contributed by atoms with E-state index in [9.17, 15) is 4.79 Å². The van der Waals surface area contributed by atoms with Crippen molar-refractivity contribution < 1.29 is 4.79 Å². The molecule has 122 valence electrons.